The van der Waals surface area contributed by atoms with Crippen LogP contribution in [0.3, 0.4) is 0 Å². The summed E-state index contributed by atoms with van der Waals surface area (Å²) in [5.41, 5.74) is 0.252. The van der Waals surface area contributed by atoms with Crippen LogP contribution in [0.4, 0.5) is 0 Å². The van der Waals surface area contributed by atoms with Crippen LogP contribution in [-0.2, 0) is 14.6 Å². The van der Waals surface area contributed by atoms with Gasteiger partial charge in [-0.2, -0.15) is 0 Å². The van der Waals surface area contributed by atoms with E-state index in [-0.39, 0.29) is 40.5 Å². The number of nitrogens with one attached hydrogen (secondary N) is 1. The summed E-state index contributed by atoms with van der Waals surface area (Å²) in [5, 5.41) is 3.27. The molecule has 1 unspecified atom stereocenters. The van der Waals surface area contributed by atoms with Gasteiger partial charge in [0.25, 0.3) is 5.91 Å². The Morgan fingerprint density at radius 3 is 2.72 bits per heavy atom. The van der Waals surface area contributed by atoms with E-state index in [1.165, 1.54) is 17.0 Å². The summed E-state index contributed by atoms with van der Waals surface area (Å²) in [6.07, 6.45) is 1.21. The summed E-state index contributed by atoms with van der Waals surface area (Å²) < 4.78 is 23.0. The number of carbonyl (C=O) groups excluding carboxylic acids is 2. The van der Waals surface area contributed by atoms with E-state index >= 15 is 0 Å². The molecule has 0 saturated carbocycles. The van der Waals surface area contributed by atoms with Crippen LogP contribution in [0.5, 0.6) is 0 Å². The second-order valence-corrected chi connectivity index (χ2v) is 9.12. The maximum absolute atomic E-state index is 12.7. The molecule has 0 spiro atoms. The predicted molar refractivity (Wildman–Crippen MR) is 97.9 cm³/mol. The van der Waals surface area contributed by atoms with Crippen molar-refractivity contribution in [3.8, 4) is 0 Å². The Balaban J connectivity index is 2.05. The van der Waals surface area contributed by atoms with Crippen molar-refractivity contribution in [2.24, 2.45) is 0 Å². The number of amides is 2. The maximum atomic E-state index is 12.7. The van der Waals surface area contributed by atoms with Crippen molar-refractivity contribution in [2.45, 2.75) is 25.8 Å². The SMILES string of the molecule is CCS(=O)(=O)CCNC(=O)C1CCCN1C(=O)c1cc(Cl)ccc1Cl. The van der Waals surface area contributed by atoms with E-state index in [0.29, 0.717) is 24.4 Å². The Morgan fingerprint density at radius 2 is 2.04 bits per heavy atom. The van der Waals surface area contributed by atoms with E-state index in [9.17, 15) is 18.0 Å². The highest BCUT2D eigenvalue weighted by Crippen LogP contribution is 2.26. The quantitative estimate of drug-likeness (QED) is 0.784. The van der Waals surface area contributed by atoms with Crippen molar-refractivity contribution in [2.75, 3.05) is 24.6 Å². The normalized spacial score (nSPS) is 17.6. The second-order valence-electron chi connectivity index (χ2n) is 5.81. The van der Waals surface area contributed by atoms with Gasteiger partial charge in [0.15, 0.2) is 9.84 Å². The molecule has 0 bridgehead atoms. The molecule has 25 heavy (non-hydrogen) atoms. The molecule has 1 aliphatic rings. The molecule has 1 N–H and O–H groups in total. The first-order chi connectivity index (χ1) is 11.7. The van der Waals surface area contributed by atoms with Gasteiger partial charge in [0.2, 0.25) is 5.91 Å². The number of hydrogen-bond acceptors (Lipinski definition) is 4. The predicted octanol–water partition coefficient (Wildman–Crippen LogP) is 2.15. The topological polar surface area (TPSA) is 83.6 Å². The van der Waals surface area contributed by atoms with Gasteiger partial charge < -0.3 is 10.2 Å². The van der Waals surface area contributed by atoms with Gasteiger partial charge in [-0.1, -0.05) is 30.1 Å². The van der Waals surface area contributed by atoms with Crippen LogP contribution < -0.4 is 5.32 Å². The fourth-order valence-electron chi connectivity index (χ4n) is 2.69. The van der Waals surface area contributed by atoms with E-state index in [2.05, 4.69) is 5.32 Å². The molecular weight excluding hydrogens is 387 g/mol. The summed E-state index contributed by atoms with van der Waals surface area (Å²) >= 11 is 12.0. The van der Waals surface area contributed by atoms with Gasteiger partial charge in [0, 0.05) is 23.9 Å². The highest BCUT2D eigenvalue weighted by atomic mass is 35.5. The average molecular weight is 407 g/mol. The van der Waals surface area contributed by atoms with Crippen molar-refractivity contribution >= 4 is 44.9 Å². The molecule has 1 heterocycles. The van der Waals surface area contributed by atoms with Crippen LogP contribution in [-0.4, -0.2) is 55.8 Å². The van der Waals surface area contributed by atoms with Gasteiger partial charge >= 0.3 is 0 Å². The zero-order valence-corrected chi connectivity index (χ0v) is 16.1. The molecule has 2 rings (SSSR count). The number of rotatable bonds is 6. The van der Waals surface area contributed by atoms with Crippen LogP contribution in [0.25, 0.3) is 0 Å². The number of likely N-dealkylation sites (tertiary alicyclic amines) is 1. The van der Waals surface area contributed by atoms with Crippen molar-refractivity contribution in [3.63, 3.8) is 0 Å². The lowest BCUT2D eigenvalue weighted by Crippen LogP contribution is -2.47. The lowest BCUT2D eigenvalue weighted by molar-refractivity contribution is -0.124. The van der Waals surface area contributed by atoms with Crippen LogP contribution in [0.15, 0.2) is 18.2 Å². The number of halogens is 2. The molecule has 0 radical (unpaired) electrons. The molecule has 1 aromatic carbocycles. The van der Waals surface area contributed by atoms with E-state index < -0.39 is 15.9 Å². The third-order valence-electron chi connectivity index (χ3n) is 4.13. The zero-order chi connectivity index (χ0) is 18.6. The summed E-state index contributed by atoms with van der Waals surface area (Å²) in [6.45, 7) is 2.03. The fourth-order valence-corrected chi connectivity index (χ4v) is 3.76. The first-order valence-electron chi connectivity index (χ1n) is 7.99. The highest BCUT2D eigenvalue weighted by Gasteiger charge is 2.35. The molecule has 2 amide bonds. The van der Waals surface area contributed by atoms with Crippen LogP contribution in [0.2, 0.25) is 10.0 Å². The Hall–Kier alpha value is -1.31. The Labute approximate surface area is 157 Å². The monoisotopic (exact) mass is 406 g/mol. The minimum absolute atomic E-state index is 0.0319. The third kappa shape index (κ3) is 5.09. The first kappa shape index (κ1) is 20.0. The molecule has 138 valence electrons. The van der Waals surface area contributed by atoms with Crippen LogP contribution >= 0.6 is 23.2 Å². The van der Waals surface area contributed by atoms with Crippen molar-refractivity contribution in [1.82, 2.24) is 10.2 Å². The van der Waals surface area contributed by atoms with Gasteiger partial charge in [0.1, 0.15) is 6.04 Å². The van der Waals surface area contributed by atoms with Crippen molar-refractivity contribution in [3.05, 3.63) is 33.8 Å². The smallest absolute Gasteiger partial charge is 0.256 e. The van der Waals surface area contributed by atoms with E-state index in [4.69, 9.17) is 23.2 Å². The Kier molecular flexibility index (Phi) is 6.71. The van der Waals surface area contributed by atoms with Gasteiger partial charge in [-0.3, -0.25) is 9.59 Å². The van der Waals surface area contributed by atoms with E-state index in [1.807, 2.05) is 0 Å². The van der Waals surface area contributed by atoms with Crippen LogP contribution in [0, 0.1) is 0 Å². The molecule has 1 saturated heterocycles. The van der Waals surface area contributed by atoms with Crippen LogP contribution in [0.1, 0.15) is 30.1 Å². The van der Waals surface area contributed by atoms with Gasteiger partial charge in [0.05, 0.1) is 16.3 Å². The van der Waals surface area contributed by atoms with E-state index in [0.717, 1.165) is 0 Å². The fraction of sp³-hybridized carbons (Fsp3) is 0.500. The summed E-state index contributed by atoms with van der Waals surface area (Å²) in [4.78, 5) is 26.5. The summed E-state index contributed by atoms with van der Waals surface area (Å²) in [5.74, 6) is -0.790. The number of nitrogens with zero attached hydrogens (tertiary/aromatic N) is 1. The standard InChI is InChI=1S/C16H20Cl2N2O4S/c1-2-25(23,24)9-7-19-15(21)14-4-3-8-20(14)16(22)12-10-11(17)5-6-13(12)18/h5-6,10,14H,2-4,7-9H2,1H3,(H,19,21). The Bertz CT molecular complexity index is 767. The van der Waals surface area contributed by atoms with E-state index in [1.54, 1.807) is 13.0 Å². The highest BCUT2D eigenvalue weighted by molar-refractivity contribution is 7.91. The number of hydrogen-bond donors (Lipinski definition) is 1. The molecule has 1 atom stereocenters. The number of sulfone groups is 1. The minimum atomic E-state index is -3.15. The molecule has 1 aromatic rings. The van der Waals surface area contributed by atoms with Crippen molar-refractivity contribution in [1.29, 1.82) is 0 Å². The average Bonchev–Trinajstić information content (AvgIpc) is 3.06. The zero-order valence-electron chi connectivity index (χ0n) is 13.8. The van der Waals surface area contributed by atoms with Crippen molar-refractivity contribution < 1.29 is 18.0 Å². The summed E-state index contributed by atoms with van der Waals surface area (Å²) in [6, 6.07) is 3.97. The Morgan fingerprint density at radius 1 is 1.32 bits per heavy atom. The molecule has 0 aliphatic carbocycles. The second kappa shape index (κ2) is 8.38. The first-order valence-corrected chi connectivity index (χ1v) is 10.6. The van der Waals surface area contributed by atoms with Gasteiger partial charge in [-0.05, 0) is 31.0 Å². The lowest BCUT2D eigenvalue weighted by Gasteiger charge is -2.24. The largest absolute Gasteiger partial charge is 0.353 e. The third-order valence-corrected chi connectivity index (χ3v) is 6.40. The molecule has 9 heteroatoms. The lowest BCUT2D eigenvalue weighted by atomic mass is 10.1. The molecule has 0 aromatic heterocycles. The number of benzene rings is 1. The summed E-state index contributed by atoms with van der Waals surface area (Å²) in [7, 11) is -3.15. The molecule has 6 nitrogen and oxygen atoms in total. The number of carbonyl (C=O) groups is 2. The minimum Gasteiger partial charge on any atom is -0.353 e. The van der Waals surface area contributed by atoms with Gasteiger partial charge in [-0.25, -0.2) is 8.42 Å². The molecular formula is C16H20Cl2N2O4S. The maximum Gasteiger partial charge on any atom is 0.256 e. The van der Waals surface area contributed by atoms with Gasteiger partial charge in [-0.15, -0.1) is 0 Å². The molecule has 1 fully saturated rings. The molecule has 1 aliphatic heterocycles.